The molecule has 2 N–H and O–H groups in total. The Hall–Kier alpha value is -2.63. The first-order valence-corrected chi connectivity index (χ1v) is 7.91. The van der Waals surface area contributed by atoms with Crippen molar-refractivity contribution < 1.29 is 19.8 Å². The van der Waals surface area contributed by atoms with Gasteiger partial charge in [-0.25, -0.2) is 9.59 Å². The highest BCUT2D eigenvalue weighted by Gasteiger charge is 2.46. The SMILES string of the molecule is O=C(O)/C=C\C1=c2cc(Cl)c(Cl)cc2=NC1(C(=O)O)c1ccccc1. The van der Waals surface area contributed by atoms with Crippen molar-refractivity contribution in [1.29, 1.82) is 0 Å². The van der Waals surface area contributed by atoms with Crippen LogP contribution in [0.3, 0.4) is 0 Å². The smallest absolute Gasteiger partial charge is 0.341 e. The summed E-state index contributed by atoms with van der Waals surface area (Å²) in [5.41, 5.74) is -1.16. The van der Waals surface area contributed by atoms with Crippen LogP contribution in [0.1, 0.15) is 5.56 Å². The molecule has 7 heteroatoms. The maximum Gasteiger partial charge on any atom is 0.341 e. The van der Waals surface area contributed by atoms with E-state index in [9.17, 15) is 14.7 Å². The van der Waals surface area contributed by atoms with Crippen LogP contribution in [-0.4, -0.2) is 22.2 Å². The van der Waals surface area contributed by atoms with E-state index < -0.39 is 17.5 Å². The molecule has 0 saturated heterocycles. The second-order valence-electron chi connectivity index (χ2n) is 5.36. The maximum absolute atomic E-state index is 12.3. The quantitative estimate of drug-likeness (QED) is 0.803. The molecule has 1 aliphatic rings. The average molecular weight is 376 g/mol. The minimum Gasteiger partial charge on any atom is -0.479 e. The Morgan fingerprint density at radius 2 is 1.68 bits per heavy atom. The first-order chi connectivity index (χ1) is 11.9. The molecule has 0 amide bonds. The number of aliphatic carboxylic acids is 2. The van der Waals surface area contributed by atoms with Crippen molar-refractivity contribution in [3.63, 3.8) is 0 Å². The summed E-state index contributed by atoms with van der Waals surface area (Å²) in [5, 5.41) is 20.2. The zero-order valence-corrected chi connectivity index (χ0v) is 14.1. The molecule has 0 bridgehead atoms. The number of fused-ring (bicyclic) bond motifs is 1. The number of rotatable bonds is 4. The summed E-state index contributed by atoms with van der Waals surface area (Å²) in [7, 11) is 0. The van der Waals surface area contributed by atoms with Gasteiger partial charge in [0, 0.05) is 16.9 Å². The van der Waals surface area contributed by atoms with Gasteiger partial charge in [0.25, 0.3) is 0 Å². The second-order valence-corrected chi connectivity index (χ2v) is 6.18. The molecule has 1 aliphatic heterocycles. The van der Waals surface area contributed by atoms with E-state index in [4.69, 9.17) is 28.3 Å². The van der Waals surface area contributed by atoms with Crippen molar-refractivity contribution >= 4 is 40.7 Å². The Kier molecular flexibility index (Phi) is 4.37. The largest absolute Gasteiger partial charge is 0.479 e. The van der Waals surface area contributed by atoms with Crippen LogP contribution in [0, 0.1) is 0 Å². The van der Waals surface area contributed by atoms with Crippen LogP contribution in [0.25, 0.3) is 5.57 Å². The van der Waals surface area contributed by atoms with Crippen LogP contribution in [0.15, 0.2) is 59.6 Å². The molecular weight excluding hydrogens is 365 g/mol. The van der Waals surface area contributed by atoms with Crippen LogP contribution in [0.5, 0.6) is 0 Å². The molecule has 0 radical (unpaired) electrons. The minimum atomic E-state index is -1.77. The molecule has 1 atom stereocenters. The Morgan fingerprint density at radius 1 is 1.04 bits per heavy atom. The highest BCUT2D eigenvalue weighted by molar-refractivity contribution is 6.41. The van der Waals surface area contributed by atoms with E-state index >= 15 is 0 Å². The molecular formula is C18H11Cl2NO4. The second kappa shape index (κ2) is 6.35. The van der Waals surface area contributed by atoms with Crippen molar-refractivity contribution in [2.45, 2.75) is 5.54 Å². The maximum atomic E-state index is 12.3. The summed E-state index contributed by atoms with van der Waals surface area (Å²) >= 11 is 12.1. The van der Waals surface area contributed by atoms with E-state index in [1.807, 2.05) is 0 Å². The molecule has 2 aromatic rings. The molecule has 0 fully saturated rings. The zero-order chi connectivity index (χ0) is 18.2. The van der Waals surface area contributed by atoms with Gasteiger partial charge in [0.05, 0.1) is 15.4 Å². The van der Waals surface area contributed by atoms with Crippen molar-refractivity contribution in [1.82, 2.24) is 0 Å². The standard InChI is InChI=1S/C18H11Cl2NO4/c19-13-8-11-12(6-7-16(22)23)18(17(24)25,10-4-2-1-3-5-10)21-15(11)9-14(13)20/h1-9H,(H,22,23)(H,24,25)/b7-6-. The van der Waals surface area contributed by atoms with Gasteiger partial charge in [0.15, 0.2) is 0 Å². The van der Waals surface area contributed by atoms with Gasteiger partial charge in [-0.15, -0.1) is 0 Å². The van der Waals surface area contributed by atoms with Crippen LogP contribution in [0.2, 0.25) is 10.0 Å². The van der Waals surface area contributed by atoms with E-state index in [-0.39, 0.29) is 15.6 Å². The third-order valence-corrected chi connectivity index (χ3v) is 4.62. The minimum absolute atomic E-state index is 0.210. The number of carboxylic acids is 2. The van der Waals surface area contributed by atoms with Crippen molar-refractivity contribution in [3.8, 4) is 0 Å². The zero-order valence-electron chi connectivity index (χ0n) is 12.6. The normalized spacial score (nSPS) is 18.9. The number of carboxylic acid groups (broad SMARTS) is 2. The molecule has 2 aromatic carbocycles. The number of hydrogen-bond donors (Lipinski definition) is 2. The van der Waals surface area contributed by atoms with Gasteiger partial charge in [-0.3, -0.25) is 4.99 Å². The van der Waals surface area contributed by atoms with E-state index in [0.29, 0.717) is 16.1 Å². The lowest BCUT2D eigenvalue weighted by Crippen LogP contribution is -2.34. The lowest BCUT2D eigenvalue weighted by Gasteiger charge is -2.24. The highest BCUT2D eigenvalue weighted by atomic mass is 35.5. The first kappa shape index (κ1) is 17.2. The monoisotopic (exact) mass is 375 g/mol. The Labute approximate surface area is 152 Å². The topological polar surface area (TPSA) is 87.0 Å². The van der Waals surface area contributed by atoms with Crippen molar-refractivity contribution in [2.75, 3.05) is 0 Å². The molecule has 25 heavy (non-hydrogen) atoms. The van der Waals surface area contributed by atoms with Gasteiger partial charge in [0.2, 0.25) is 5.54 Å². The van der Waals surface area contributed by atoms with E-state index in [1.165, 1.54) is 18.2 Å². The van der Waals surface area contributed by atoms with Gasteiger partial charge in [0.1, 0.15) is 0 Å². The summed E-state index contributed by atoms with van der Waals surface area (Å²) in [5.74, 6) is -2.43. The third-order valence-electron chi connectivity index (χ3n) is 3.90. The predicted molar refractivity (Wildman–Crippen MR) is 93.2 cm³/mol. The molecule has 0 aliphatic carbocycles. The predicted octanol–water partition coefficient (Wildman–Crippen LogP) is 2.40. The summed E-state index contributed by atoms with van der Waals surface area (Å²) in [6.45, 7) is 0. The number of carbonyl (C=O) groups is 2. The molecule has 0 saturated carbocycles. The van der Waals surface area contributed by atoms with Crippen LogP contribution < -0.4 is 10.6 Å². The van der Waals surface area contributed by atoms with Crippen LogP contribution in [-0.2, 0) is 15.1 Å². The van der Waals surface area contributed by atoms with Crippen molar-refractivity contribution in [2.24, 2.45) is 4.99 Å². The molecule has 5 nitrogen and oxygen atoms in total. The molecule has 0 spiro atoms. The summed E-state index contributed by atoms with van der Waals surface area (Å²) in [6, 6.07) is 11.4. The van der Waals surface area contributed by atoms with Gasteiger partial charge >= 0.3 is 11.9 Å². The lowest BCUT2D eigenvalue weighted by atomic mass is 9.83. The van der Waals surface area contributed by atoms with E-state index in [1.54, 1.807) is 30.3 Å². The molecule has 0 aromatic heterocycles. The Bertz CT molecular complexity index is 1030. The van der Waals surface area contributed by atoms with Gasteiger partial charge in [-0.2, -0.15) is 0 Å². The fraction of sp³-hybridized carbons (Fsp3) is 0.0556. The van der Waals surface area contributed by atoms with E-state index in [2.05, 4.69) is 4.99 Å². The number of halogens is 2. The van der Waals surface area contributed by atoms with Gasteiger partial charge in [-0.05, 0) is 23.8 Å². The third kappa shape index (κ3) is 2.81. The Morgan fingerprint density at radius 3 is 2.28 bits per heavy atom. The molecule has 3 rings (SSSR count). The number of nitrogens with zero attached hydrogens (tertiary/aromatic N) is 1. The summed E-state index contributed by atoms with van der Waals surface area (Å²) < 4.78 is 0. The molecule has 1 heterocycles. The van der Waals surface area contributed by atoms with Gasteiger partial charge in [-0.1, -0.05) is 53.5 Å². The van der Waals surface area contributed by atoms with Crippen LogP contribution >= 0.6 is 23.2 Å². The fourth-order valence-electron chi connectivity index (χ4n) is 2.83. The molecule has 1 unspecified atom stereocenters. The Balaban J connectivity index is 2.45. The number of hydrogen-bond acceptors (Lipinski definition) is 3. The molecule has 126 valence electrons. The van der Waals surface area contributed by atoms with Crippen LogP contribution in [0.4, 0.5) is 0 Å². The summed E-state index contributed by atoms with van der Waals surface area (Å²) in [6.07, 6.45) is 2.12. The van der Waals surface area contributed by atoms with Gasteiger partial charge < -0.3 is 10.2 Å². The van der Waals surface area contributed by atoms with Crippen molar-refractivity contribution in [3.05, 3.63) is 80.8 Å². The first-order valence-electron chi connectivity index (χ1n) is 7.16. The summed E-state index contributed by atoms with van der Waals surface area (Å²) in [4.78, 5) is 27.6. The number of benzene rings is 2. The van der Waals surface area contributed by atoms with E-state index in [0.717, 1.165) is 6.08 Å². The average Bonchev–Trinajstić information content (AvgIpc) is 2.88. The lowest BCUT2D eigenvalue weighted by molar-refractivity contribution is -0.141. The highest BCUT2D eigenvalue weighted by Crippen LogP contribution is 2.37. The fourth-order valence-corrected chi connectivity index (χ4v) is 3.15.